The third-order valence-corrected chi connectivity index (χ3v) is 11.6. The van der Waals surface area contributed by atoms with E-state index in [1.807, 2.05) is 62.5 Å². The minimum Gasteiger partial charge on any atom is -0.309 e. The van der Waals surface area contributed by atoms with Crippen molar-refractivity contribution in [2.24, 2.45) is 0 Å². The van der Waals surface area contributed by atoms with Gasteiger partial charge in [0.1, 0.15) is 0 Å². The van der Waals surface area contributed by atoms with Crippen molar-refractivity contribution in [1.29, 1.82) is 0 Å². The maximum absolute atomic E-state index is 6.25. The predicted molar refractivity (Wildman–Crippen MR) is 231 cm³/mol. The molecule has 0 aliphatic heterocycles. The summed E-state index contributed by atoms with van der Waals surface area (Å²) in [6, 6.07) is 61.0. The molecule has 3 heterocycles. The Kier molecular flexibility index (Phi) is 10.8. The zero-order valence-corrected chi connectivity index (χ0v) is 32.2. The molecule has 0 bridgehead atoms. The van der Waals surface area contributed by atoms with Gasteiger partial charge in [-0.05, 0) is 106 Å². The van der Waals surface area contributed by atoms with Crippen LogP contribution in [0, 0.1) is 0 Å². The van der Waals surface area contributed by atoms with Crippen molar-refractivity contribution >= 4 is 56.1 Å². The number of benzene rings is 6. The van der Waals surface area contributed by atoms with Gasteiger partial charge < -0.3 is 4.57 Å². The van der Waals surface area contributed by atoms with Gasteiger partial charge in [0.2, 0.25) is 0 Å². The number of fused-ring (bicyclic) bond motifs is 3. The molecule has 9 aromatic rings. The Labute approximate surface area is 320 Å². The minimum atomic E-state index is 0.744. The summed E-state index contributed by atoms with van der Waals surface area (Å²) in [5.74, 6) is 0. The smallest absolute Gasteiger partial charge is 0.0541 e. The summed E-state index contributed by atoms with van der Waals surface area (Å²) in [7, 11) is 0. The summed E-state index contributed by atoms with van der Waals surface area (Å²) in [5.41, 5.74) is 10.8. The summed E-state index contributed by atoms with van der Waals surface area (Å²) >= 11 is 9.92. The van der Waals surface area contributed by atoms with Crippen molar-refractivity contribution in [2.75, 3.05) is 0 Å². The Balaban J connectivity index is 0.00000102. The number of rotatable bonds is 6. The highest BCUT2D eigenvalue weighted by Gasteiger charge is 2.16. The Hall–Kier alpha value is -5.19. The standard InChI is InChI=1S/C44H28ClNS2.2C2H6/c45-35-18-14-29(15-19-35)32-16-20-39-37(27-32)38-28-34(44-25-23-42(48-44)31-10-5-2-6-11-31)17-21-40(38)46(39)36-13-7-12-33(26-36)43-24-22-41(47-43)30-8-3-1-4-9-30;2*1-2/h1-28H;2*1-2H3. The average molecular weight is 730 g/mol. The summed E-state index contributed by atoms with van der Waals surface area (Å²) in [5, 5.41) is 3.21. The van der Waals surface area contributed by atoms with Crippen LogP contribution < -0.4 is 0 Å². The predicted octanol–water partition coefficient (Wildman–Crippen LogP) is 15.9. The van der Waals surface area contributed by atoms with Crippen molar-refractivity contribution in [3.63, 3.8) is 0 Å². The van der Waals surface area contributed by atoms with E-state index in [0.717, 1.165) is 16.3 Å². The fourth-order valence-electron chi connectivity index (χ4n) is 6.58. The molecule has 0 unspecified atom stereocenters. The van der Waals surface area contributed by atoms with Crippen molar-refractivity contribution in [3.8, 4) is 58.6 Å². The maximum atomic E-state index is 6.25. The summed E-state index contributed by atoms with van der Waals surface area (Å²) in [6.07, 6.45) is 0. The van der Waals surface area contributed by atoms with Crippen LogP contribution in [0.5, 0.6) is 0 Å². The van der Waals surface area contributed by atoms with E-state index >= 15 is 0 Å². The first-order chi connectivity index (χ1) is 25.7. The molecule has 0 aliphatic carbocycles. The van der Waals surface area contributed by atoms with Gasteiger partial charge >= 0.3 is 0 Å². The van der Waals surface area contributed by atoms with E-state index in [-0.39, 0.29) is 0 Å². The lowest BCUT2D eigenvalue weighted by atomic mass is 10.0. The van der Waals surface area contributed by atoms with Crippen LogP contribution in [-0.4, -0.2) is 4.57 Å². The SMILES string of the molecule is CC.CC.Clc1ccc(-c2ccc3c(c2)c2cc(-c4ccc(-c5ccccc5)s4)ccc2n3-c2cccc(-c3ccc(-c4ccccc4)s3)c2)cc1. The van der Waals surface area contributed by atoms with Crippen molar-refractivity contribution < 1.29 is 0 Å². The van der Waals surface area contributed by atoms with Crippen LogP contribution in [0.15, 0.2) is 170 Å². The molecule has 256 valence electrons. The van der Waals surface area contributed by atoms with Crippen LogP contribution in [0.25, 0.3) is 80.4 Å². The highest BCUT2D eigenvalue weighted by molar-refractivity contribution is 7.19. The summed E-state index contributed by atoms with van der Waals surface area (Å²) in [6.45, 7) is 8.00. The molecule has 0 spiro atoms. The van der Waals surface area contributed by atoms with E-state index in [1.54, 1.807) is 0 Å². The molecule has 6 aromatic carbocycles. The second kappa shape index (κ2) is 16.0. The first kappa shape index (κ1) is 35.2. The van der Waals surface area contributed by atoms with Gasteiger partial charge in [-0.1, -0.05) is 136 Å². The topological polar surface area (TPSA) is 4.93 Å². The zero-order chi connectivity index (χ0) is 36.0. The second-order valence-electron chi connectivity index (χ2n) is 11.9. The molecule has 9 rings (SSSR count). The minimum absolute atomic E-state index is 0.744. The van der Waals surface area contributed by atoms with Crippen LogP contribution in [0.4, 0.5) is 0 Å². The van der Waals surface area contributed by atoms with Crippen LogP contribution in [0.3, 0.4) is 0 Å². The molecule has 0 saturated carbocycles. The molecule has 0 N–H and O–H groups in total. The van der Waals surface area contributed by atoms with Crippen LogP contribution in [0.1, 0.15) is 27.7 Å². The van der Waals surface area contributed by atoms with E-state index in [9.17, 15) is 0 Å². The van der Waals surface area contributed by atoms with E-state index in [0.29, 0.717) is 0 Å². The lowest BCUT2D eigenvalue weighted by Gasteiger charge is -2.10. The molecular weight excluding hydrogens is 690 g/mol. The lowest BCUT2D eigenvalue weighted by Crippen LogP contribution is -1.94. The Bertz CT molecular complexity index is 2560. The van der Waals surface area contributed by atoms with Gasteiger partial charge in [0.15, 0.2) is 0 Å². The van der Waals surface area contributed by atoms with E-state index in [4.69, 9.17) is 11.6 Å². The number of nitrogens with zero attached hydrogens (tertiary/aromatic N) is 1. The van der Waals surface area contributed by atoms with Crippen LogP contribution in [-0.2, 0) is 0 Å². The molecule has 0 amide bonds. The fraction of sp³-hybridized carbons (Fsp3) is 0.0833. The highest BCUT2D eigenvalue weighted by atomic mass is 35.5. The highest BCUT2D eigenvalue weighted by Crippen LogP contribution is 2.41. The Morgan fingerprint density at radius 2 is 0.788 bits per heavy atom. The van der Waals surface area contributed by atoms with E-state index in [2.05, 4.69) is 162 Å². The maximum Gasteiger partial charge on any atom is 0.0541 e. The first-order valence-electron chi connectivity index (χ1n) is 17.9. The third-order valence-electron chi connectivity index (χ3n) is 8.94. The quantitative estimate of drug-likeness (QED) is 0.161. The fourth-order valence-corrected chi connectivity index (χ4v) is 8.72. The van der Waals surface area contributed by atoms with Gasteiger partial charge in [-0.25, -0.2) is 0 Å². The number of halogens is 1. The van der Waals surface area contributed by atoms with Crippen molar-refractivity contribution in [3.05, 3.63) is 175 Å². The van der Waals surface area contributed by atoms with Gasteiger partial charge in [-0.2, -0.15) is 0 Å². The van der Waals surface area contributed by atoms with Gasteiger partial charge in [0, 0.05) is 41.0 Å². The molecular formula is C48H40ClNS2. The number of thiophene rings is 2. The number of hydrogen-bond donors (Lipinski definition) is 0. The first-order valence-corrected chi connectivity index (χ1v) is 19.9. The largest absolute Gasteiger partial charge is 0.309 e. The molecule has 0 saturated heterocycles. The second-order valence-corrected chi connectivity index (χ2v) is 14.5. The lowest BCUT2D eigenvalue weighted by molar-refractivity contribution is 1.18. The van der Waals surface area contributed by atoms with Crippen molar-refractivity contribution in [1.82, 2.24) is 4.57 Å². The van der Waals surface area contributed by atoms with E-state index in [1.165, 1.54) is 69.1 Å². The normalized spacial score (nSPS) is 10.8. The number of aromatic nitrogens is 1. The Morgan fingerprint density at radius 3 is 1.33 bits per heavy atom. The van der Waals surface area contributed by atoms with Crippen molar-refractivity contribution in [2.45, 2.75) is 27.7 Å². The number of hydrogen-bond acceptors (Lipinski definition) is 2. The summed E-state index contributed by atoms with van der Waals surface area (Å²) in [4.78, 5) is 5.08. The third kappa shape index (κ3) is 7.00. The Morgan fingerprint density at radius 1 is 0.365 bits per heavy atom. The van der Waals surface area contributed by atoms with Crippen LogP contribution in [0.2, 0.25) is 5.02 Å². The van der Waals surface area contributed by atoms with Gasteiger partial charge in [-0.15, -0.1) is 22.7 Å². The molecule has 4 heteroatoms. The molecule has 0 aliphatic rings. The molecule has 3 aromatic heterocycles. The van der Waals surface area contributed by atoms with Gasteiger partial charge in [0.05, 0.1) is 11.0 Å². The van der Waals surface area contributed by atoms with Crippen LogP contribution >= 0.6 is 34.3 Å². The molecule has 1 nitrogen and oxygen atoms in total. The molecule has 0 atom stereocenters. The van der Waals surface area contributed by atoms with Gasteiger partial charge in [0.25, 0.3) is 0 Å². The van der Waals surface area contributed by atoms with E-state index < -0.39 is 0 Å². The average Bonchev–Trinajstić information content (AvgIpc) is 3.99. The molecule has 0 fully saturated rings. The summed E-state index contributed by atoms with van der Waals surface area (Å²) < 4.78 is 2.42. The zero-order valence-electron chi connectivity index (χ0n) is 29.8. The monoisotopic (exact) mass is 729 g/mol. The molecule has 0 radical (unpaired) electrons. The van der Waals surface area contributed by atoms with Gasteiger partial charge in [-0.3, -0.25) is 0 Å². The molecule has 52 heavy (non-hydrogen) atoms.